The van der Waals surface area contributed by atoms with E-state index < -0.39 is 10.2 Å². The third kappa shape index (κ3) is 2.83. The lowest BCUT2D eigenvalue weighted by Crippen LogP contribution is -2.33. The van der Waals surface area contributed by atoms with Gasteiger partial charge in [-0.25, -0.2) is 0 Å². The molecular weight excluding hydrogens is 262 g/mol. The van der Waals surface area contributed by atoms with Gasteiger partial charge in [0.1, 0.15) is 0 Å². The highest BCUT2D eigenvalue weighted by atomic mass is 35.5. The van der Waals surface area contributed by atoms with Gasteiger partial charge in [-0.1, -0.05) is 11.6 Å². The Bertz CT molecular complexity index is 512. The van der Waals surface area contributed by atoms with E-state index in [1.807, 2.05) is 0 Å². The van der Waals surface area contributed by atoms with Gasteiger partial charge in [0.05, 0.1) is 10.7 Å². The van der Waals surface area contributed by atoms with Gasteiger partial charge in [0.2, 0.25) is 0 Å². The molecule has 2 rings (SSSR count). The molecule has 1 aliphatic heterocycles. The average molecular weight is 276 g/mol. The monoisotopic (exact) mass is 275 g/mol. The Labute approximate surface area is 106 Å². The largest absolute Gasteiger partial charge is 0.399 e. The Kier molecular flexibility index (Phi) is 3.46. The Morgan fingerprint density at radius 2 is 1.94 bits per heavy atom. The van der Waals surface area contributed by atoms with Crippen molar-refractivity contribution in [1.29, 1.82) is 0 Å². The topological polar surface area (TPSA) is 75.4 Å². The number of halogens is 1. The molecular formula is C10H14ClN3O2S. The highest BCUT2D eigenvalue weighted by molar-refractivity contribution is 7.90. The molecule has 7 heteroatoms. The molecule has 1 saturated heterocycles. The second-order valence-electron chi connectivity index (χ2n) is 3.95. The Hall–Kier alpha value is -0.980. The van der Waals surface area contributed by atoms with Crippen molar-refractivity contribution in [2.75, 3.05) is 23.5 Å². The van der Waals surface area contributed by atoms with Crippen LogP contribution in [0.15, 0.2) is 18.2 Å². The van der Waals surface area contributed by atoms with E-state index in [1.54, 1.807) is 12.1 Å². The summed E-state index contributed by atoms with van der Waals surface area (Å²) in [6.07, 6.45) is 1.80. The zero-order chi connectivity index (χ0) is 12.5. The minimum atomic E-state index is -3.49. The molecule has 0 aliphatic carbocycles. The molecule has 0 bridgehead atoms. The van der Waals surface area contributed by atoms with Crippen LogP contribution in [0.1, 0.15) is 12.8 Å². The smallest absolute Gasteiger partial charge is 0.301 e. The molecule has 5 nitrogen and oxygen atoms in total. The zero-order valence-electron chi connectivity index (χ0n) is 9.19. The van der Waals surface area contributed by atoms with Gasteiger partial charge in [0, 0.05) is 18.8 Å². The van der Waals surface area contributed by atoms with Crippen molar-refractivity contribution in [2.45, 2.75) is 12.8 Å². The highest BCUT2D eigenvalue weighted by Gasteiger charge is 2.25. The van der Waals surface area contributed by atoms with Crippen LogP contribution in [-0.2, 0) is 10.2 Å². The molecule has 1 fully saturated rings. The van der Waals surface area contributed by atoms with Gasteiger partial charge in [-0.3, -0.25) is 4.72 Å². The number of nitrogens with zero attached hydrogens (tertiary/aromatic N) is 1. The second kappa shape index (κ2) is 4.72. The van der Waals surface area contributed by atoms with Crippen LogP contribution in [0.4, 0.5) is 11.4 Å². The van der Waals surface area contributed by atoms with Crippen molar-refractivity contribution in [2.24, 2.45) is 0 Å². The Morgan fingerprint density at radius 3 is 2.53 bits per heavy atom. The van der Waals surface area contributed by atoms with Gasteiger partial charge in [-0.15, -0.1) is 0 Å². The van der Waals surface area contributed by atoms with E-state index in [2.05, 4.69) is 4.72 Å². The lowest BCUT2D eigenvalue weighted by Gasteiger charge is -2.17. The van der Waals surface area contributed by atoms with Crippen molar-refractivity contribution >= 4 is 33.2 Å². The molecule has 0 spiro atoms. The number of rotatable bonds is 3. The van der Waals surface area contributed by atoms with Gasteiger partial charge >= 0.3 is 10.2 Å². The first kappa shape index (κ1) is 12.5. The molecule has 0 unspecified atom stereocenters. The lowest BCUT2D eigenvalue weighted by molar-refractivity contribution is 0.482. The predicted molar refractivity (Wildman–Crippen MR) is 69.2 cm³/mol. The third-order valence-corrected chi connectivity index (χ3v) is 4.47. The number of hydrogen-bond donors (Lipinski definition) is 2. The number of nitrogen functional groups attached to an aromatic ring is 1. The summed E-state index contributed by atoms with van der Waals surface area (Å²) in [5, 5.41) is 0.299. The van der Waals surface area contributed by atoms with E-state index in [-0.39, 0.29) is 0 Å². The van der Waals surface area contributed by atoms with Crippen LogP contribution in [0.3, 0.4) is 0 Å². The van der Waals surface area contributed by atoms with Gasteiger partial charge in [0.25, 0.3) is 0 Å². The zero-order valence-corrected chi connectivity index (χ0v) is 10.8. The van der Waals surface area contributed by atoms with Crippen molar-refractivity contribution < 1.29 is 8.42 Å². The summed E-state index contributed by atoms with van der Waals surface area (Å²) < 4.78 is 27.8. The summed E-state index contributed by atoms with van der Waals surface area (Å²) >= 11 is 5.92. The maximum Gasteiger partial charge on any atom is 0.301 e. The average Bonchev–Trinajstić information content (AvgIpc) is 2.76. The first-order valence-electron chi connectivity index (χ1n) is 5.32. The fourth-order valence-corrected chi connectivity index (χ4v) is 3.36. The van der Waals surface area contributed by atoms with Gasteiger partial charge in [0.15, 0.2) is 0 Å². The van der Waals surface area contributed by atoms with Crippen molar-refractivity contribution in [3.63, 3.8) is 0 Å². The summed E-state index contributed by atoms with van der Waals surface area (Å²) in [5.74, 6) is 0. The molecule has 0 saturated carbocycles. The molecule has 0 radical (unpaired) electrons. The van der Waals surface area contributed by atoms with E-state index in [4.69, 9.17) is 17.3 Å². The van der Waals surface area contributed by atoms with Crippen LogP contribution < -0.4 is 10.5 Å². The number of benzene rings is 1. The number of hydrogen-bond acceptors (Lipinski definition) is 3. The van der Waals surface area contributed by atoms with Crippen LogP contribution in [0.25, 0.3) is 0 Å². The minimum Gasteiger partial charge on any atom is -0.399 e. The summed E-state index contributed by atoms with van der Waals surface area (Å²) in [4.78, 5) is 0. The van der Waals surface area contributed by atoms with Crippen LogP contribution >= 0.6 is 11.6 Å². The van der Waals surface area contributed by atoms with Gasteiger partial charge in [-0.2, -0.15) is 12.7 Å². The van der Waals surface area contributed by atoms with Crippen LogP contribution in [0.5, 0.6) is 0 Å². The highest BCUT2D eigenvalue weighted by Crippen LogP contribution is 2.26. The minimum absolute atomic E-state index is 0.299. The maximum absolute atomic E-state index is 12.0. The lowest BCUT2D eigenvalue weighted by atomic mass is 10.3. The standard InChI is InChI=1S/C10H14ClN3O2S/c11-9-7-8(12)3-4-10(9)13-17(15,16)14-5-1-2-6-14/h3-4,7,13H,1-2,5-6,12H2. The molecule has 94 valence electrons. The van der Waals surface area contributed by atoms with Gasteiger partial charge < -0.3 is 5.73 Å². The van der Waals surface area contributed by atoms with Crippen LogP contribution in [0.2, 0.25) is 5.02 Å². The van der Waals surface area contributed by atoms with Crippen molar-refractivity contribution in [3.05, 3.63) is 23.2 Å². The fourth-order valence-electron chi connectivity index (χ4n) is 1.75. The molecule has 0 amide bonds. The number of nitrogens with one attached hydrogen (secondary N) is 1. The van der Waals surface area contributed by atoms with Crippen molar-refractivity contribution in [3.8, 4) is 0 Å². The quantitative estimate of drug-likeness (QED) is 0.824. The first-order valence-corrected chi connectivity index (χ1v) is 7.14. The fraction of sp³-hybridized carbons (Fsp3) is 0.400. The van der Waals surface area contributed by atoms with Crippen LogP contribution in [-0.4, -0.2) is 25.8 Å². The molecule has 1 aromatic carbocycles. The molecule has 0 aromatic heterocycles. The Morgan fingerprint density at radius 1 is 1.29 bits per heavy atom. The normalized spacial score (nSPS) is 17.2. The summed E-state index contributed by atoms with van der Waals surface area (Å²) in [5.41, 5.74) is 6.39. The molecule has 17 heavy (non-hydrogen) atoms. The number of nitrogens with two attached hydrogens (primary N) is 1. The van der Waals surface area contributed by atoms with Crippen LogP contribution in [0, 0.1) is 0 Å². The van der Waals surface area contributed by atoms with E-state index >= 15 is 0 Å². The van der Waals surface area contributed by atoms with E-state index in [9.17, 15) is 8.42 Å². The first-order chi connectivity index (χ1) is 7.99. The SMILES string of the molecule is Nc1ccc(NS(=O)(=O)N2CCCC2)c(Cl)c1. The molecule has 3 N–H and O–H groups in total. The molecule has 1 aliphatic rings. The second-order valence-corrected chi connectivity index (χ2v) is 6.03. The molecule has 1 heterocycles. The van der Waals surface area contributed by atoms with E-state index in [0.717, 1.165) is 12.8 Å². The summed E-state index contributed by atoms with van der Waals surface area (Å²) in [6, 6.07) is 4.68. The molecule has 0 atom stereocenters. The third-order valence-electron chi connectivity index (χ3n) is 2.64. The van der Waals surface area contributed by atoms with Gasteiger partial charge in [-0.05, 0) is 31.0 Å². The Balaban J connectivity index is 2.19. The van der Waals surface area contributed by atoms with E-state index in [1.165, 1.54) is 10.4 Å². The summed E-state index contributed by atoms with van der Waals surface area (Å²) in [6.45, 7) is 1.11. The number of anilines is 2. The van der Waals surface area contributed by atoms with E-state index in [0.29, 0.717) is 29.5 Å². The molecule has 1 aromatic rings. The maximum atomic E-state index is 12.0. The van der Waals surface area contributed by atoms with Crippen molar-refractivity contribution in [1.82, 2.24) is 4.31 Å². The summed E-state index contributed by atoms with van der Waals surface area (Å²) in [7, 11) is -3.49. The predicted octanol–water partition coefficient (Wildman–Crippen LogP) is 1.67.